The highest BCUT2D eigenvalue weighted by Crippen LogP contribution is 2.39. The number of carbonyl (C=O) groups is 1. The first kappa shape index (κ1) is 18.1. The minimum Gasteiger partial charge on any atom is -0.504 e. The lowest BCUT2D eigenvalue weighted by atomic mass is 9.84. The molecule has 0 fully saturated rings. The topological polar surface area (TPSA) is 49.3 Å². The summed E-state index contributed by atoms with van der Waals surface area (Å²) in [6.07, 6.45) is 1.33. The number of amides is 1. The van der Waals surface area contributed by atoms with Gasteiger partial charge in [0.2, 0.25) is 5.91 Å². The van der Waals surface area contributed by atoms with Crippen LogP contribution in [0.3, 0.4) is 0 Å². The number of anilines is 1. The van der Waals surface area contributed by atoms with Gasteiger partial charge >= 0.3 is 0 Å². The Morgan fingerprint density at radius 1 is 1.38 bits per heavy atom. The van der Waals surface area contributed by atoms with Crippen molar-refractivity contribution < 1.29 is 9.90 Å². The van der Waals surface area contributed by atoms with E-state index in [4.69, 9.17) is 23.2 Å². The van der Waals surface area contributed by atoms with Crippen LogP contribution < -0.4 is 5.32 Å². The van der Waals surface area contributed by atoms with E-state index in [9.17, 15) is 9.90 Å². The van der Waals surface area contributed by atoms with E-state index in [0.29, 0.717) is 17.0 Å². The van der Waals surface area contributed by atoms with Gasteiger partial charge in [-0.15, -0.1) is 0 Å². The fraction of sp³-hybridized carbons (Fsp3) is 0.562. The molecule has 1 aromatic rings. The minimum absolute atomic E-state index is 0.143. The van der Waals surface area contributed by atoms with Gasteiger partial charge in [0.15, 0.2) is 5.75 Å². The molecule has 118 valence electrons. The van der Waals surface area contributed by atoms with E-state index in [1.807, 2.05) is 6.92 Å². The second-order valence-electron chi connectivity index (χ2n) is 6.82. The van der Waals surface area contributed by atoms with Gasteiger partial charge in [-0.2, -0.15) is 0 Å². The fourth-order valence-electron chi connectivity index (χ4n) is 2.43. The molecule has 0 saturated carbocycles. The first-order valence-electron chi connectivity index (χ1n) is 6.98. The van der Waals surface area contributed by atoms with Gasteiger partial charge in [0.05, 0.1) is 10.7 Å². The summed E-state index contributed by atoms with van der Waals surface area (Å²) in [7, 11) is 0. The molecule has 21 heavy (non-hydrogen) atoms. The molecule has 0 aliphatic carbocycles. The Morgan fingerprint density at radius 2 is 1.95 bits per heavy atom. The van der Waals surface area contributed by atoms with Gasteiger partial charge in [-0.1, -0.05) is 50.9 Å². The number of phenolic OH excluding ortho intramolecular Hbond substituents is 1. The van der Waals surface area contributed by atoms with Crippen LogP contribution in [0, 0.1) is 18.3 Å². The van der Waals surface area contributed by atoms with Crippen LogP contribution in [0.1, 0.15) is 46.1 Å². The molecule has 1 atom stereocenters. The number of phenols is 1. The normalized spacial score (nSPS) is 13.1. The number of nitrogens with one attached hydrogen (secondary N) is 1. The summed E-state index contributed by atoms with van der Waals surface area (Å²) in [6, 6.07) is 1.52. The first-order valence-corrected chi connectivity index (χ1v) is 7.74. The van der Waals surface area contributed by atoms with E-state index < -0.39 is 0 Å². The van der Waals surface area contributed by atoms with Crippen molar-refractivity contribution in [3.05, 3.63) is 21.7 Å². The molecule has 0 aliphatic heterocycles. The van der Waals surface area contributed by atoms with Gasteiger partial charge in [0, 0.05) is 11.4 Å². The number of hydrogen-bond donors (Lipinski definition) is 2. The highest BCUT2D eigenvalue weighted by Gasteiger charge is 2.19. The Balaban J connectivity index is 2.76. The smallest absolute Gasteiger partial charge is 0.224 e. The molecule has 3 nitrogen and oxygen atoms in total. The Kier molecular flexibility index (Phi) is 5.94. The van der Waals surface area contributed by atoms with Gasteiger partial charge in [0.25, 0.3) is 0 Å². The molecule has 0 aliphatic rings. The molecule has 0 bridgehead atoms. The maximum atomic E-state index is 12.1. The number of carbonyl (C=O) groups excluding carboxylic acids is 1. The molecule has 1 amide bonds. The quantitative estimate of drug-likeness (QED) is 0.725. The van der Waals surface area contributed by atoms with Crippen LogP contribution in [0.15, 0.2) is 6.07 Å². The van der Waals surface area contributed by atoms with E-state index >= 15 is 0 Å². The zero-order valence-electron chi connectivity index (χ0n) is 13.2. The van der Waals surface area contributed by atoms with Crippen molar-refractivity contribution in [3.8, 4) is 5.75 Å². The summed E-state index contributed by atoms with van der Waals surface area (Å²) in [5.74, 6) is -0.0445. The third-order valence-corrected chi connectivity index (χ3v) is 4.05. The largest absolute Gasteiger partial charge is 0.504 e. The third-order valence-electron chi connectivity index (χ3n) is 3.19. The van der Waals surface area contributed by atoms with E-state index in [1.165, 1.54) is 6.07 Å². The predicted molar refractivity (Wildman–Crippen MR) is 89.3 cm³/mol. The SMILES string of the molecule is Cc1c(Cl)cc(NC(=O)CC(C)CC(C)(C)C)c(O)c1Cl. The number of hydrogen-bond acceptors (Lipinski definition) is 2. The van der Waals surface area contributed by atoms with Gasteiger partial charge in [0.1, 0.15) is 0 Å². The second-order valence-corrected chi connectivity index (χ2v) is 7.60. The lowest BCUT2D eigenvalue weighted by molar-refractivity contribution is -0.117. The van der Waals surface area contributed by atoms with Crippen molar-refractivity contribution in [1.82, 2.24) is 0 Å². The summed E-state index contributed by atoms with van der Waals surface area (Å²) < 4.78 is 0. The van der Waals surface area contributed by atoms with Crippen LogP contribution >= 0.6 is 23.2 Å². The molecule has 0 saturated heterocycles. The molecule has 0 radical (unpaired) electrons. The number of aromatic hydroxyl groups is 1. The fourth-order valence-corrected chi connectivity index (χ4v) is 2.89. The summed E-state index contributed by atoms with van der Waals surface area (Å²) in [6.45, 7) is 10.2. The van der Waals surface area contributed by atoms with E-state index in [0.717, 1.165) is 6.42 Å². The average molecular weight is 332 g/mol. The Hall–Kier alpha value is -0.930. The Bertz CT molecular complexity index is 536. The van der Waals surface area contributed by atoms with Crippen LogP contribution in [0.2, 0.25) is 10.0 Å². The maximum Gasteiger partial charge on any atom is 0.224 e. The number of halogens is 2. The molecule has 1 unspecified atom stereocenters. The third kappa shape index (κ3) is 5.40. The van der Waals surface area contributed by atoms with E-state index in [2.05, 4.69) is 26.1 Å². The lowest BCUT2D eigenvalue weighted by Gasteiger charge is -2.23. The van der Waals surface area contributed by atoms with Gasteiger partial charge in [-0.05, 0) is 36.3 Å². The maximum absolute atomic E-state index is 12.1. The molecule has 0 heterocycles. The highest BCUT2D eigenvalue weighted by molar-refractivity contribution is 6.37. The highest BCUT2D eigenvalue weighted by atomic mass is 35.5. The van der Waals surface area contributed by atoms with Crippen LogP contribution in [0.4, 0.5) is 5.69 Å². The summed E-state index contributed by atoms with van der Waals surface area (Å²) in [5.41, 5.74) is 1.02. The summed E-state index contributed by atoms with van der Waals surface area (Å²) in [5, 5.41) is 13.2. The van der Waals surface area contributed by atoms with Gasteiger partial charge in [-0.3, -0.25) is 4.79 Å². The van der Waals surface area contributed by atoms with Crippen molar-refractivity contribution >= 4 is 34.8 Å². The van der Waals surface area contributed by atoms with Crippen LogP contribution in [-0.2, 0) is 4.79 Å². The van der Waals surface area contributed by atoms with Crippen LogP contribution in [0.25, 0.3) is 0 Å². The lowest BCUT2D eigenvalue weighted by Crippen LogP contribution is -2.19. The van der Waals surface area contributed by atoms with Gasteiger partial charge < -0.3 is 10.4 Å². The molecule has 1 aromatic carbocycles. The van der Waals surface area contributed by atoms with Crippen molar-refractivity contribution in [3.63, 3.8) is 0 Å². The monoisotopic (exact) mass is 331 g/mol. The van der Waals surface area contributed by atoms with Crippen LogP contribution in [0.5, 0.6) is 5.75 Å². The summed E-state index contributed by atoms with van der Waals surface area (Å²) in [4.78, 5) is 12.1. The molecule has 2 N–H and O–H groups in total. The van der Waals surface area contributed by atoms with Crippen LogP contribution in [-0.4, -0.2) is 11.0 Å². The van der Waals surface area contributed by atoms with E-state index in [-0.39, 0.29) is 33.7 Å². The molecule has 0 aromatic heterocycles. The van der Waals surface area contributed by atoms with Crippen molar-refractivity contribution in [1.29, 1.82) is 0 Å². The molecule has 0 spiro atoms. The van der Waals surface area contributed by atoms with Gasteiger partial charge in [-0.25, -0.2) is 0 Å². The van der Waals surface area contributed by atoms with Crippen molar-refractivity contribution in [2.24, 2.45) is 11.3 Å². The zero-order valence-corrected chi connectivity index (χ0v) is 14.7. The zero-order chi connectivity index (χ0) is 16.4. The van der Waals surface area contributed by atoms with E-state index in [1.54, 1.807) is 6.92 Å². The predicted octanol–water partition coefficient (Wildman–Crippen LogP) is 5.41. The van der Waals surface area contributed by atoms with Crippen molar-refractivity contribution in [2.75, 3.05) is 5.32 Å². The standard InChI is InChI=1S/C16H23Cl2NO2/c1-9(8-16(3,4)5)6-13(20)19-12-7-11(17)10(2)14(18)15(12)21/h7,9,21H,6,8H2,1-5H3,(H,19,20). The Labute approximate surface area is 136 Å². The number of rotatable bonds is 4. The molecule has 5 heteroatoms. The molecular formula is C16H23Cl2NO2. The second kappa shape index (κ2) is 6.89. The minimum atomic E-state index is -0.155. The summed E-state index contributed by atoms with van der Waals surface area (Å²) >= 11 is 12.0. The first-order chi connectivity index (χ1) is 9.51. The number of benzene rings is 1. The Morgan fingerprint density at radius 3 is 2.48 bits per heavy atom. The molecular weight excluding hydrogens is 309 g/mol. The molecule has 1 rings (SSSR count). The van der Waals surface area contributed by atoms with Crippen molar-refractivity contribution in [2.45, 2.75) is 47.5 Å². The average Bonchev–Trinajstić information content (AvgIpc) is 2.30.